The summed E-state index contributed by atoms with van der Waals surface area (Å²) >= 11 is 0. The number of aromatic amines is 2. The van der Waals surface area contributed by atoms with E-state index in [1.807, 2.05) is 0 Å². The van der Waals surface area contributed by atoms with E-state index in [1.54, 1.807) is 0 Å². The van der Waals surface area contributed by atoms with Gasteiger partial charge in [-0.2, -0.15) is 9.97 Å². The number of phosphoric ester groups is 2. The van der Waals surface area contributed by atoms with Gasteiger partial charge in [-0.05, 0) is 13.0 Å². The van der Waals surface area contributed by atoms with E-state index in [2.05, 4.69) is 24.9 Å². The van der Waals surface area contributed by atoms with Crippen LogP contribution in [0.25, 0.3) is 11.2 Å². The molecule has 0 aliphatic carbocycles. The third-order valence-electron chi connectivity index (χ3n) is 9.64. The summed E-state index contributed by atoms with van der Waals surface area (Å²) in [5.41, 5.74) is 7.60. The third-order valence-corrected chi connectivity index (χ3v) is 11.6. The number of H-pyrrole nitrogens is 2. The van der Waals surface area contributed by atoms with Crippen LogP contribution in [0.4, 0.5) is 11.8 Å². The second-order valence-corrected chi connectivity index (χ2v) is 16.5. The van der Waals surface area contributed by atoms with Crippen LogP contribution in [0.5, 0.6) is 0 Å². The zero-order valence-corrected chi connectivity index (χ0v) is 32.5. The van der Waals surface area contributed by atoms with Crippen LogP contribution in [0.3, 0.4) is 0 Å². The van der Waals surface area contributed by atoms with Gasteiger partial charge in [0.2, 0.25) is 5.95 Å². The topological polar surface area (TPSA) is 425 Å². The maximum atomic E-state index is 13.4. The van der Waals surface area contributed by atoms with Gasteiger partial charge in [-0.1, -0.05) is 0 Å². The first-order valence-corrected chi connectivity index (χ1v) is 20.6. The molecule has 13 atom stereocenters. The molecule has 3 aliphatic heterocycles. The average Bonchev–Trinajstić information content (AvgIpc) is 3.92. The largest absolute Gasteiger partial charge is 0.472 e. The number of hydrogen-bond donors (Lipinski definition) is 10. The molecule has 12 N–H and O–H groups in total. The van der Waals surface area contributed by atoms with Crippen molar-refractivity contribution < 1.29 is 71.6 Å². The fraction of sp³-hybridized carbons (Fsp3) is 0.552. The number of aliphatic hydroxyl groups is 4. The number of aliphatic hydroxyl groups excluding tert-OH is 4. The van der Waals surface area contributed by atoms with Crippen molar-refractivity contribution in [1.82, 2.24) is 38.6 Å². The smallest absolute Gasteiger partial charge is 0.394 e. The Kier molecular flexibility index (Phi) is 12.1. The molecule has 0 aromatic carbocycles. The SMILES string of the molecule is Cc1cn([C@H]2C[C@H](OP(=O)(O)OC[C@H]3O[C@@H](n4cnc5c(=O)[nH]c(N)nc54)[C@H](O)[C@@H]3OP(=O)(O)OC[C@H]3O[C@@H](n4ccc(N)nc4=O)[C@H](O)[C@@H]3O)[C@@H](CO)O2)c(=O)[nH]c1=O. The van der Waals surface area contributed by atoms with Crippen LogP contribution in [-0.2, 0) is 41.4 Å². The minimum absolute atomic E-state index is 0.138. The van der Waals surface area contributed by atoms with Crippen molar-refractivity contribution in [2.24, 2.45) is 0 Å². The van der Waals surface area contributed by atoms with Gasteiger partial charge in [-0.3, -0.25) is 51.4 Å². The number of rotatable bonds is 14. The van der Waals surface area contributed by atoms with Gasteiger partial charge in [0.1, 0.15) is 60.9 Å². The highest BCUT2D eigenvalue weighted by Crippen LogP contribution is 2.52. The lowest BCUT2D eigenvalue weighted by molar-refractivity contribution is -0.0633. The van der Waals surface area contributed by atoms with Crippen molar-refractivity contribution in [2.45, 2.75) is 80.9 Å². The Balaban J connectivity index is 1.08. The number of aromatic nitrogens is 8. The van der Waals surface area contributed by atoms with Gasteiger partial charge in [0.15, 0.2) is 23.6 Å². The number of nitrogens with one attached hydrogen (secondary N) is 2. The Labute approximate surface area is 332 Å². The normalized spacial score (nSPS) is 31.4. The van der Waals surface area contributed by atoms with Crippen LogP contribution >= 0.6 is 15.6 Å². The molecule has 7 rings (SSSR count). The molecule has 0 saturated carbocycles. The van der Waals surface area contributed by atoms with Crippen LogP contribution in [0, 0.1) is 6.92 Å². The molecule has 328 valence electrons. The zero-order chi connectivity index (χ0) is 43.4. The average molecular weight is 893 g/mol. The van der Waals surface area contributed by atoms with Crippen molar-refractivity contribution in [3.63, 3.8) is 0 Å². The molecule has 7 heterocycles. The second kappa shape index (κ2) is 16.7. The summed E-state index contributed by atoms with van der Waals surface area (Å²) < 4.78 is 67.3. The number of phosphoric acid groups is 2. The predicted molar refractivity (Wildman–Crippen MR) is 194 cm³/mol. The van der Waals surface area contributed by atoms with E-state index >= 15 is 0 Å². The maximum Gasteiger partial charge on any atom is 0.472 e. The number of nitrogen functional groups attached to an aromatic ring is 2. The van der Waals surface area contributed by atoms with Crippen molar-refractivity contribution >= 4 is 38.6 Å². The highest BCUT2D eigenvalue weighted by molar-refractivity contribution is 7.47. The Hall–Kier alpha value is -4.55. The van der Waals surface area contributed by atoms with E-state index in [0.29, 0.717) is 0 Å². The molecule has 3 aliphatic rings. The lowest BCUT2D eigenvalue weighted by Crippen LogP contribution is -2.37. The molecule has 0 bridgehead atoms. The summed E-state index contributed by atoms with van der Waals surface area (Å²) in [4.78, 5) is 86.4. The molecule has 3 fully saturated rings. The number of nitrogens with zero attached hydrogens (tertiary/aromatic N) is 6. The molecule has 0 amide bonds. The molecular weight excluding hydrogens is 854 g/mol. The lowest BCUT2D eigenvalue weighted by atomic mass is 10.1. The predicted octanol–water partition coefficient (Wildman–Crippen LogP) is -4.44. The number of hydrogen-bond acceptors (Lipinski definition) is 22. The third kappa shape index (κ3) is 8.77. The van der Waals surface area contributed by atoms with Gasteiger partial charge in [0, 0.05) is 24.4 Å². The minimum atomic E-state index is -5.38. The summed E-state index contributed by atoms with van der Waals surface area (Å²) in [6.45, 7) is -1.31. The van der Waals surface area contributed by atoms with Crippen LogP contribution in [-0.4, -0.2) is 137 Å². The molecule has 0 spiro atoms. The van der Waals surface area contributed by atoms with Gasteiger partial charge >= 0.3 is 27.0 Å². The zero-order valence-electron chi connectivity index (χ0n) is 30.7. The monoisotopic (exact) mass is 892 g/mol. The first-order valence-electron chi connectivity index (χ1n) is 17.6. The van der Waals surface area contributed by atoms with Gasteiger partial charge in [-0.15, -0.1) is 0 Å². The van der Waals surface area contributed by atoms with Gasteiger partial charge in [0.25, 0.3) is 11.1 Å². The standard InChI is InChI=1S/C29H38N10O19P2/c1-10-5-38(29(47)36-23(10)44)16-4-11(12(6-40)54-16)57-59(48,49)53-8-14-21(20(43)26(56-14)39-9-32-17-22(39)34-27(31)35-24(17)45)58-60(50,51)52-7-13-18(41)19(42)25(55-13)37-3-2-15(30)33-28(37)46/h2-3,5,9,11-14,16,18-21,25-26,40-43H,4,6-8H2,1H3,(H,48,49)(H,50,51)(H2,30,33,46)(H,36,44,47)(H3,31,34,35,45)/t11-,12+,13+,14+,16+,18+,19+,20+,21+,25+,26+/m0/s1. The summed E-state index contributed by atoms with van der Waals surface area (Å²) in [6, 6.07) is 1.22. The fourth-order valence-corrected chi connectivity index (χ4v) is 8.65. The molecule has 4 aromatic rings. The summed E-state index contributed by atoms with van der Waals surface area (Å²) in [6.07, 6.45) is -14.8. The number of fused-ring (bicyclic) bond motifs is 1. The molecule has 29 nitrogen and oxygen atoms in total. The minimum Gasteiger partial charge on any atom is -0.394 e. The van der Waals surface area contributed by atoms with Gasteiger partial charge in [-0.25, -0.2) is 23.7 Å². The van der Waals surface area contributed by atoms with Crippen molar-refractivity contribution in [3.8, 4) is 0 Å². The van der Waals surface area contributed by atoms with Crippen molar-refractivity contribution in [2.75, 3.05) is 31.3 Å². The lowest BCUT2D eigenvalue weighted by Gasteiger charge is -2.25. The Morgan fingerprint density at radius 2 is 1.52 bits per heavy atom. The van der Waals surface area contributed by atoms with Crippen molar-refractivity contribution in [1.29, 1.82) is 0 Å². The fourth-order valence-electron chi connectivity index (χ4n) is 6.73. The molecule has 4 aromatic heterocycles. The molecule has 3 saturated heterocycles. The molecule has 2 unspecified atom stereocenters. The number of ether oxygens (including phenoxy) is 3. The number of aryl methyl sites for hydroxylation is 1. The van der Waals surface area contributed by atoms with Crippen LogP contribution in [0.1, 0.15) is 30.7 Å². The van der Waals surface area contributed by atoms with E-state index < -0.39 is 125 Å². The first kappa shape index (κ1) is 43.5. The van der Waals surface area contributed by atoms with E-state index in [9.17, 15) is 58.5 Å². The molecule has 60 heavy (non-hydrogen) atoms. The van der Waals surface area contributed by atoms with Crippen LogP contribution in [0.2, 0.25) is 0 Å². The number of imidazole rings is 1. The summed E-state index contributed by atoms with van der Waals surface area (Å²) in [5, 5.41) is 42.5. The highest BCUT2D eigenvalue weighted by atomic mass is 31.2. The van der Waals surface area contributed by atoms with Crippen LogP contribution in [0.15, 0.2) is 44.0 Å². The van der Waals surface area contributed by atoms with Gasteiger partial charge in [0.05, 0.1) is 26.1 Å². The molecular formula is C29H38N10O19P2. The first-order chi connectivity index (χ1) is 28.3. The van der Waals surface area contributed by atoms with E-state index in [0.717, 1.165) is 26.2 Å². The Morgan fingerprint density at radius 1 is 0.850 bits per heavy atom. The quantitative estimate of drug-likeness (QED) is 0.0534. The number of nitrogens with two attached hydrogens (primary N) is 2. The molecule has 31 heteroatoms. The highest BCUT2D eigenvalue weighted by Gasteiger charge is 2.52. The van der Waals surface area contributed by atoms with Gasteiger partial charge < -0.3 is 55.9 Å². The van der Waals surface area contributed by atoms with E-state index in [1.165, 1.54) is 19.2 Å². The van der Waals surface area contributed by atoms with E-state index in [-0.39, 0.29) is 34.9 Å². The van der Waals surface area contributed by atoms with E-state index in [4.69, 9.17) is 43.8 Å². The summed E-state index contributed by atoms with van der Waals surface area (Å²) in [7, 11) is -10.6. The maximum absolute atomic E-state index is 13.4. The summed E-state index contributed by atoms with van der Waals surface area (Å²) in [5.74, 6) is -0.497. The Bertz CT molecular complexity index is 2580. The molecule has 0 radical (unpaired) electrons. The van der Waals surface area contributed by atoms with Crippen molar-refractivity contribution in [3.05, 3.63) is 72.0 Å². The number of anilines is 2. The Morgan fingerprint density at radius 3 is 2.22 bits per heavy atom. The second-order valence-electron chi connectivity index (χ2n) is 13.7. The van der Waals surface area contributed by atoms with Crippen LogP contribution < -0.4 is 34.0 Å².